The van der Waals surface area contributed by atoms with Gasteiger partial charge in [0.05, 0.1) is 18.9 Å². The number of carbonyl (C=O) groups excluding carboxylic acids is 2. The van der Waals surface area contributed by atoms with E-state index in [0.29, 0.717) is 38.3 Å². The van der Waals surface area contributed by atoms with Crippen molar-refractivity contribution in [1.82, 2.24) is 30.4 Å². The molecule has 0 bridgehead atoms. The highest BCUT2D eigenvalue weighted by molar-refractivity contribution is 5.99. The van der Waals surface area contributed by atoms with Crippen molar-refractivity contribution in [2.45, 2.75) is 31.5 Å². The number of nitrogens with zero attached hydrogens (tertiary/aromatic N) is 5. The fraction of sp³-hybridized carbons (Fsp3) is 0.375. The van der Waals surface area contributed by atoms with Gasteiger partial charge < -0.3 is 10.2 Å². The maximum absolute atomic E-state index is 13.9. The summed E-state index contributed by atoms with van der Waals surface area (Å²) in [7, 11) is 1.78. The number of aromatic amines is 1. The molecule has 2 aliphatic rings. The number of H-pyrrole nitrogens is 1. The second-order valence-corrected chi connectivity index (χ2v) is 8.92. The Morgan fingerprint density at radius 3 is 2.94 bits per heavy atom. The fourth-order valence-corrected chi connectivity index (χ4v) is 4.66. The van der Waals surface area contributed by atoms with Gasteiger partial charge in [0.25, 0.3) is 0 Å². The number of rotatable bonds is 7. The van der Waals surface area contributed by atoms with Gasteiger partial charge in [-0.3, -0.25) is 14.5 Å². The molecule has 2 amide bonds. The first-order valence-corrected chi connectivity index (χ1v) is 11.3. The maximum Gasteiger partial charge on any atom is 0.228 e. The second-order valence-electron chi connectivity index (χ2n) is 8.92. The lowest BCUT2D eigenvalue weighted by Gasteiger charge is -2.32. The Kier molecular flexibility index (Phi) is 6.06. The highest BCUT2D eigenvalue weighted by atomic mass is 19.1. The lowest BCUT2D eigenvalue weighted by atomic mass is 10.0. The van der Waals surface area contributed by atoms with Crippen molar-refractivity contribution in [2.24, 2.45) is 0 Å². The topological polar surface area (TPSA) is 107 Å². The highest BCUT2D eigenvalue weighted by Crippen LogP contribution is 2.28. The number of likely N-dealkylation sites (N-methyl/N-ethyl adjacent to an activating group) is 1. The van der Waals surface area contributed by atoms with Crippen LogP contribution < -0.4 is 5.32 Å². The van der Waals surface area contributed by atoms with Crippen molar-refractivity contribution in [3.63, 3.8) is 0 Å². The third-order valence-corrected chi connectivity index (χ3v) is 6.54. The molecule has 0 unspecified atom stereocenters. The number of carbonyl (C=O) groups is 2. The van der Waals surface area contributed by atoms with Crippen LogP contribution in [0.1, 0.15) is 29.2 Å². The van der Waals surface area contributed by atoms with Gasteiger partial charge in [-0.2, -0.15) is 5.21 Å². The van der Waals surface area contributed by atoms with Gasteiger partial charge in [-0.1, -0.05) is 30.3 Å². The summed E-state index contributed by atoms with van der Waals surface area (Å²) >= 11 is 0. The number of fused-ring (bicyclic) bond motifs is 1. The zero-order valence-electron chi connectivity index (χ0n) is 18.9. The van der Waals surface area contributed by atoms with Crippen molar-refractivity contribution < 1.29 is 14.0 Å². The van der Waals surface area contributed by atoms with Crippen molar-refractivity contribution in [3.05, 3.63) is 59.2 Å². The number of alkyl halides is 1. The summed E-state index contributed by atoms with van der Waals surface area (Å²) in [6.07, 6.45) is 0.239. The molecule has 34 heavy (non-hydrogen) atoms. The molecule has 0 spiro atoms. The van der Waals surface area contributed by atoms with Crippen molar-refractivity contribution in [2.75, 3.05) is 32.0 Å². The quantitative estimate of drug-likeness (QED) is 0.556. The molecule has 3 aromatic rings. The van der Waals surface area contributed by atoms with E-state index in [1.54, 1.807) is 11.9 Å². The number of hydrogen-bond donors (Lipinski definition) is 2. The molecule has 0 aliphatic carbocycles. The molecule has 2 N–H and O–H groups in total. The first-order chi connectivity index (χ1) is 16.5. The van der Waals surface area contributed by atoms with Crippen molar-refractivity contribution in [1.29, 1.82) is 0 Å². The van der Waals surface area contributed by atoms with Crippen LogP contribution in [0.15, 0.2) is 42.5 Å². The Balaban J connectivity index is 1.38. The molecule has 1 aromatic heterocycles. The van der Waals surface area contributed by atoms with Gasteiger partial charge in [0.1, 0.15) is 6.17 Å². The van der Waals surface area contributed by atoms with Crippen LogP contribution in [0.25, 0.3) is 11.4 Å². The number of aromatic nitrogens is 4. The zero-order chi connectivity index (χ0) is 23.7. The third kappa shape index (κ3) is 4.67. The molecular formula is C24H26FN7O2. The monoisotopic (exact) mass is 463 g/mol. The van der Waals surface area contributed by atoms with E-state index in [-0.39, 0.29) is 24.3 Å². The van der Waals surface area contributed by atoms with Gasteiger partial charge in [0.2, 0.25) is 17.6 Å². The number of anilines is 1. The predicted octanol–water partition coefficient (Wildman–Crippen LogP) is 2.15. The number of tetrazole rings is 1. The summed E-state index contributed by atoms with van der Waals surface area (Å²) in [6, 6.07) is 13.1. The van der Waals surface area contributed by atoms with Gasteiger partial charge in [-0.05, 0) is 40.5 Å². The number of amides is 2. The van der Waals surface area contributed by atoms with Gasteiger partial charge >= 0.3 is 0 Å². The molecule has 0 radical (unpaired) electrons. The van der Waals surface area contributed by atoms with Crippen LogP contribution in [0.3, 0.4) is 0 Å². The average molecular weight is 464 g/mol. The third-order valence-electron chi connectivity index (χ3n) is 6.54. The minimum atomic E-state index is -0.839. The zero-order valence-corrected chi connectivity index (χ0v) is 18.9. The van der Waals surface area contributed by atoms with Crippen LogP contribution in [0, 0.1) is 0 Å². The number of nitrogens with one attached hydrogen (secondary N) is 2. The van der Waals surface area contributed by atoms with Gasteiger partial charge in [0.15, 0.2) is 0 Å². The summed E-state index contributed by atoms with van der Waals surface area (Å²) in [6.45, 7) is 1.56. The van der Waals surface area contributed by atoms with E-state index in [9.17, 15) is 14.0 Å². The molecular weight excluding hydrogens is 437 g/mol. The van der Waals surface area contributed by atoms with Crippen LogP contribution in [0.2, 0.25) is 0 Å². The molecule has 2 aliphatic heterocycles. The number of benzene rings is 2. The predicted molar refractivity (Wildman–Crippen MR) is 124 cm³/mol. The van der Waals surface area contributed by atoms with E-state index in [4.69, 9.17) is 0 Å². The SMILES string of the molecule is CN(C(=O)Cc1ccc2c(c1)NC(=O)C2)[C@H](CN1CC[C@H](F)C1)c1cccc(-c2nn[nH]n2)c1. The first kappa shape index (κ1) is 22.1. The lowest BCUT2D eigenvalue weighted by molar-refractivity contribution is -0.131. The van der Waals surface area contributed by atoms with E-state index in [0.717, 1.165) is 27.9 Å². The Bertz CT molecular complexity index is 1200. The maximum atomic E-state index is 13.9. The Labute approximate surface area is 196 Å². The summed E-state index contributed by atoms with van der Waals surface area (Å²) in [5.41, 5.74) is 4.26. The van der Waals surface area contributed by atoms with Crippen LogP contribution in [0.5, 0.6) is 0 Å². The normalized spacial score (nSPS) is 18.5. The fourth-order valence-electron chi connectivity index (χ4n) is 4.66. The second kappa shape index (κ2) is 9.30. The molecule has 1 saturated heterocycles. The number of hydrogen-bond acceptors (Lipinski definition) is 6. The van der Waals surface area contributed by atoms with Crippen molar-refractivity contribution in [3.8, 4) is 11.4 Å². The largest absolute Gasteiger partial charge is 0.337 e. The smallest absolute Gasteiger partial charge is 0.228 e. The summed E-state index contributed by atoms with van der Waals surface area (Å²) in [4.78, 5) is 28.8. The van der Waals surface area contributed by atoms with Crippen LogP contribution in [-0.2, 0) is 22.4 Å². The number of likely N-dealkylation sites (tertiary alicyclic amines) is 1. The van der Waals surface area contributed by atoms with E-state index in [2.05, 4.69) is 30.8 Å². The molecule has 176 valence electrons. The standard InChI is InChI=1S/C24H26FN7O2/c1-31(23(34)10-15-5-6-16-12-22(33)26-20(16)9-15)21(14-32-8-7-19(25)13-32)17-3-2-4-18(11-17)24-27-29-30-28-24/h2-6,9,11,19,21H,7-8,10,12-14H2,1H3,(H,26,33)(H,27,28,29,30)/t19-,21+/m0/s1. The minimum Gasteiger partial charge on any atom is -0.337 e. The highest BCUT2D eigenvalue weighted by Gasteiger charge is 2.29. The lowest BCUT2D eigenvalue weighted by Crippen LogP contribution is -2.39. The van der Waals surface area contributed by atoms with E-state index < -0.39 is 6.17 Å². The van der Waals surface area contributed by atoms with E-state index in [1.807, 2.05) is 42.5 Å². The summed E-state index contributed by atoms with van der Waals surface area (Å²) in [5, 5.41) is 17.0. The van der Waals surface area contributed by atoms with Gasteiger partial charge in [-0.25, -0.2) is 4.39 Å². The van der Waals surface area contributed by atoms with Gasteiger partial charge in [0, 0.05) is 37.9 Å². The molecule has 9 nitrogen and oxygen atoms in total. The average Bonchev–Trinajstić information content (AvgIpc) is 3.57. The van der Waals surface area contributed by atoms with Crippen LogP contribution in [0.4, 0.5) is 10.1 Å². The molecule has 1 fully saturated rings. The molecule has 5 rings (SSSR count). The minimum absolute atomic E-state index is 0.0334. The molecule has 0 saturated carbocycles. The Hall–Kier alpha value is -3.66. The van der Waals surface area contributed by atoms with Crippen molar-refractivity contribution >= 4 is 17.5 Å². The summed E-state index contributed by atoms with van der Waals surface area (Å²) < 4.78 is 13.9. The summed E-state index contributed by atoms with van der Waals surface area (Å²) in [5.74, 6) is 0.379. The first-order valence-electron chi connectivity index (χ1n) is 11.3. The van der Waals surface area contributed by atoms with E-state index in [1.165, 1.54) is 0 Å². The molecule has 2 atom stereocenters. The van der Waals surface area contributed by atoms with Crippen LogP contribution in [-0.4, -0.2) is 75.1 Å². The Morgan fingerprint density at radius 2 is 2.18 bits per heavy atom. The molecule has 10 heteroatoms. The Morgan fingerprint density at radius 1 is 1.29 bits per heavy atom. The van der Waals surface area contributed by atoms with E-state index >= 15 is 0 Å². The van der Waals surface area contributed by atoms with Crippen LogP contribution >= 0.6 is 0 Å². The molecule has 3 heterocycles. The number of halogens is 1. The molecule has 2 aromatic carbocycles. The van der Waals surface area contributed by atoms with Gasteiger partial charge in [-0.15, -0.1) is 10.2 Å².